The number of nitrogens with one attached hydrogen (secondary N) is 1. The van der Waals surface area contributed by atoms with Gasteiger partial charge in [-0.25, -0.2) is 10.3 Å². The Balaban J connectivity index is 1.35. The van der Waals surface area contributed by atoms with Gasteiger partial charge in [0.2, 0.25) is 0 Å². The number of carbonyl (C=O) groups excluding carboxylic acids is 2. The van der Waals surface area contributed by atoms with E-state index < -0.39 is 11.9 Å². The van der Waals surface area contributed by atoms with Crippen molar-refractivity contribution in [1.29, 1.82) is 0 Å². The molecule has 0 fully saturated rings. The minimum Gasteiger partial charge on any atom is -0.493 e. The molecule has 0 radical (unpaired) electrons. The van der Waals surface area contributed by atoms with Crippen LogP contribution in [0, 0.1) is 0 Å². The van der Waals surface area contributed by atoms with Gasteiger partial charge >= 0.3 is 5.97 Å². The zero-order valence-corrected chi connectivity index (χ0v) is 18.5. The SMILES string of the molecule is COc1ccc(C(=O)N=Nc2ccc(NOC(=O)c3ccc4ccccc4c3)cc2)cc1OC. The van der Waals surface area contributed by atoms with E-state index in [0.717, 1.165) is 10.8 Å². The maximum absolute atomic E-state index is 12.4. The number of fused-ring (bicyclic) bond motifs is 1. The van der Waals surface area contributed by atoms with E-state index in [1.54, 1.807) is 48.5 Å². The van der Waals surface area contributed by atoms with Crippen molar-refractivity contribution in [2.75, 3.05) is 19.7 Å². The third kappa shape index (κ3) is 5.18. The lowest BCUT2D eigenvalue weighted by Gasteiger charge is -2.08. The van der Waals surface area contributed by atoms with Crippen LogP contribution in [0.5, 0.6) is 11.5 Å². The smallest absolute Gasteiger partial charge is 0.362 e. The molecule has 0 aliphatic heterocycles. The highest BCUT2D eigenvalue weighted by atomic mass is 16.7. The summed E-state index contributed by atoms with van der Waals surface area (Å²) in [4.78, 5) is 29.9. The van der Waals surface area contributed by atoms with Gasteiger partial charge in [-0.1, -0.05) is 30.3 Å². The predicted molar refractivity (Wildman–Crippen MR) is 128 cm³/mol. The molecule has 0 bridgehead atoms. The Kier molecular flexibility index (Phi) is 6.78. The number of amides is 1. The van der Waals surface area contributed by atoms with Crippen LogP contribution < -0.4 is 15.0 Å². The van der Waals surface area contributed by atoms with E-state index in [4.69, 9.17) is 14.3 Å². The first-order chi connectivity index (χ1) is 16.6. The summed E-state index contributed by atoms with van der Waals surface area (Å²) in [5.41, 5.74) is 4.37. The number of rotatable bonds is 7. The summed E-state index contributed by atoms with van der Waals surface area (Å²) in [6, 6.07) is 24.5. The Morgan fingerprint density at radius 3 is 2.18 bits per heavy atom. The summed E-state index contributed by atoms with van der Waals surface area (Å²) in [5.74, 6) is -0.0832. The second-order valence-electron chi connectivity index (χ2n) is 7.18. The third-order valence-electron chi connectivity index (χ3n) is 5.00. The fourth-order valence-corrected chi connectivity index (χ4v) is 3.21. The van der Waals surface area contributed by atoms with Gasteiger partial charge in [0.25, 0.3) is 5.91 Å². The quantitative estimate of drug-likeness (QED) is 0.272. The number of hydrogen-bond acceptors (Lipinski definition) is 7. The lowest BCUT2D eigenvalue weighted by molar-refractivity contribution is 0.0596. The number of carbonyl (C=O) groups is 2. The van der Waals surface area contributed by atoms with Gasteiger partial charge in [-0.2, -0.15) is 0 Å². The fraction of sp³-hybridized carbons (Fsp3) is 0.0769. The highest BCUT2D eigenvalue weighted by Crippen LogP contribution is 2.28. The number of azo groups is 1. The van der Waals surface area contributed by atoms with Crippen molar-refractivity contribution in [2.24, 2.45) is 10.2 Å². The summed E-state index contributed by atoms with van der Waals surface area (Å²) in [7, 11) is 3.00. The highest BCUT2D eigenvalue weighted by molar-refractivity contribution is 5.96. The molecule has 0 saturated carbocycles. The van der Waals surface area contributed by atoms with Crippen LogP contribution in [0.3, 0.4) is 0 Å². The zero-order valence-electron chi connectivity index (χ0n) is 18.5. The molecule has 0 spiro atoms. The molecule has 0 unspecified atom stereocenters. The largest absolute Gasteiger partial charge is 0.493 e. The molecule has 170 valence electrons. The Morgan fingerprint density at radius 2 is 1.44 bits per heavy atom. The van der Waals surface area contributed by atoms with E-state index in [1.807, 2.05) is 30.3 Å². The van der Waals surface area contributed by atoms with Gasteiger partial charge in [0, 0.05) is 5.56 Å². The molecule has 0 saturated heterocycles. The van der Waals surface area contributed by atoms with Gasteiger partial charge in [0.1, 0.15) is 0 Å². The topological polar surface area (TPSA) is 98.6 Å². The zero-order chi connectivity index (χ0) is 23.9. The summed E-state index contributed by atoms with van der Waals surface area (Å²) in [6.07, 6.45) is 0. The number of ether oxygens (including phenoxy) is 2. The van der Waals surface area contributed by atoms with Crippen molar-refractivity contribution >= 4 is 34.0 Å². The van der Waals surface area contributed by atoms with Crippen LogP contribution in [0.4, 0.5) is 11.4 Å². The second-order valence-corrected chi connectivity index (χ2v) is 7.18. The van der Waals surface area contributed by atoms with E-state index in [9.17, 15) is 9.59 Å². The monoisotopic (exact) mass is 455 g/mol. The minimum atomic E-state index is -0.521. The molecule has 8 nitrogen and oxygen atoms in total. The van der Waals surface area contributed by atoms with Gasteiger partial charge in [-0.3, -0.25) is 4.79 Å². The second kappa shape index (κ2) is 10.3. The number of hydrogen-bond donors (Lipinski definition) is 1. The molecule has 0 aromatic heterocycles. The summed E-state index contributed by atoms with van der Waals surface area (Å²) >= 11 is 0. The van der Waals surface area contributed by atoms with Crippen LogP contribution in [0.15, 0.2) is 95.2 Å². The van der Waals surface area contributed by atoms with Crippen LogP contribution in [0.25, 0.3) is 10.8 Å². The first-order valence-corrected chi connectivity index (χ1v) is 10.3. The molecule has 34 heavy (non-hydrogen) atoms. The molecule has 4 aromatic carbocycles. The third-order valence-corrected chi connectivity index (χ3v) is 5.00. The van der Waals surface area contributed by atoms with E-state index in [1.165, 1.54) is 20.3 Å². The average Bonchev–Trinajstić information content (AvgIpc) is 2.90. The van der Waals surface area contributed by atoms with Gasteiger partial charge in [-0.15, -0.1) is 10.2 Å². The molecular weight excluding hydrogens is 434 g/mol. The maximum Gasteiger partial charge on any atom is 0.362 e. The fourth-order valence-electron chi connectivity index (χ4n) is 3.21. The standard InChI is InChI=1S/C26H21N3O5/c1-32-23-14-9-19(16-24(23)33-2)25(30)28-27-21-10-12-22(13-11-21)29-34-26(31)20-8-7-17-5-3-4-6-18(17)15-20/h3-16,29H,1-2H3. The first-order valence-electron chi connectivity index (χ1n) is 10.3. The maximum atomic E-state index is 12.4. The molecule has 0 aliphatic rings. The van der Waals surface area contributed by atoms with Gasteiger partial charge in [-0.05, 0) is 65.4 Å². The van der Waals surface area contributed by atoms with Gasteiger partial charge in [0.05, 0.1) is 31.2 Å². The Labute approximate surface area is 195 Å². The Bertz CT molecular complexity index is 1370. The van der Waals surface area contributed by atoms with Crippen molar-refractivity contribution in [3.8, 4) is 11.5 Å². The van der Waals surface area contributed by atoms with E-state index in [0.29, 0.717) is 34.0 Å². The molecule has 8 heteroatoms. The van der Waals surface area contributed by atoms with Crippen molar-refractivity contribution in [2.45, 2.75) is 0 Å². The summed E-state index contributed by atoms with van der Waals surface area (Å²) in [5, 5.41) is 9.71. The molecule has 4 aromatic rings. The molecule has 1 N–H and O–H groups in total. The predicted octanol–water partition coefficient (Wildman–Crippen LogP) is 5.97. The first kappa shape index (κ1) is 22.5. The van der Waals surface area contributed by atoms with Crippen LogP contribution in [-0.2, 0) is 4.84 Å². The van der Waals surface area contributed by atoms with E-state index in [-0.39, 0.29) is 0 Å². The number of nitrogens with zero attached hydrogens (tertiary/aromatic N) is 2. The highest BCUT2D eigenvalue weighted by Gasteiger charge is 2.11. The molecule has 4 rings (SSSR count). The van der Waals surface area contributed by atoms with Crippen LogP contribution in [0.2, 0.25) is 0 Å². The average molecular weight is 455 g/mol. The van der Waals surface area contributed by atoms with Crippen molar-refractivity contribution in [3.63, 3.8) is 0 Å². The molecule has 0 atom stereocenters. The van der Waals surface area contributed by atoms with E-state index in [2.05, 4.69) is 15.7 Å². The van der Waals surface area contributed by atoms with Crippen LogP contribution >= 0.6 is 0 Å². The van der Waals surface area contributed by atoms with E-state index >= 15 is 0 Å². The Hall–Kier alpha value is -4.72. The van der Waals surface area contributed by atoms with Crippen LogP contribution in [0.1, 0.15) is 20.7 Å². The molecule has 1 amide bonds. The molecule has 0 aliphatic carbocycles. The molecular formula is C26H21N3O5. The molecule has 0 heterocycles. The summed E-state index contributed by atoms with van der Waals surface area (Å²) < 4.78 is 10.4. The summed E-state index contributed by atoms with van der Waals surface area (Å²) in [6.45, 7) is 0. The lowest BCUT2D eigenvalue weighted by Crippen LogP contribution is -2.10. The van der Waals surface area contributed by atoms with Crippen molar-refractivity contribution in [3.05, 3.63) is 96.1 Å². The normalized spacial score (nSPS) is 10.8. The number of anilines is 1. The minimum absolute atomic E-state index is 0.320. The van der Waals surface area contributed by atoms with Gasteiger partial charge in [0.15, 0.2) is 11.5 Å². The number of methoxy groups -OCH3 is 2. The number of benzene rings is 4. The lowest BCUT2D eigenvalue weighted by atomic mass is 10.1. The van der Waals surface area contributed by atoms with Crippen molar-refractivity contribution < 1.29 is 23.9 Å². The van der Waals surface area contributed by atoms with Gasteiger partial charge < -0.3 is 14.3 Å². The van der Waals surface area contributed by atoms with Crippen molar-refractivity contribution in [1.82, 2.24) is 0 Å². The Morgan fingerprint density at radius 1 is 0.735 bits per heavy atom. The van der Waals surface area contributed by atoms with Crippen LogP contribution in [-0.4, -0.2) is 26.1 Å².